The first kappa shape index (κ1) is 22.9. The summed E-state index contributed by atoms with van der Waals surface area (Å²) < 4.78 is 0. The lowest BCUT2D eigenvalue weighted by molar-refractivity contribution is -0.122. The van der Waals surface area contributed by atoms with E-state index in [2.05, 4.69) is 27.7 Å². The molecular formula is C22H30N4O2S. The number of benzene rings is 1. The van der Waals surface area contributed by atoms with Gasteiger partial charge >= 0.3 is 0 Å². The highest BCUT2D eigenvalue weighted by Crippen LogP contribution is 2.20. The second kappa shape index (κ2) is 12.2. The quantitative estimate of drug-likeness (QED) is 0.259. The van der Waals surface area contributed by atoms with E-state index in [1.807, 2.05) is 32.0 Å². The van der Waals surface area contributed by atoms with Gasteiger partial charge in [-0.25, -0.2) is 9.97 Å². The molecule has 6 nitrogen and oxygen atoms in total. The Labute approximate surface area is 177 Å². The Balaban J connectivity index is 1.74. The van der Waals surface area contributed by atoms with Crippen molar-refractivity contribution in [3.8, 4) is 0 Å². The van der Waals surface area contributed by atoms with Gasteiger partial charge in [0.05, 0.1) is 0 Å². The molecule has 0 unspecified atom stereocenters. The van der Waals surface area contributed by atoms with E-state index in [0.717, 1.165) is 47.1 Å². The zero-order valence-corrected chi connectivity index (χ0v) is 18.3. The van der Waals surface area contributed by atoms with Crippen molar-refractivity contribution in [2.45, 2.75) is 70.2 Å². The van der Waals surface area contributed by atoms with Crippen LogP contribution < -0.4 is 10.9 Å². The molecule has 2 aromatic rings. The molecule has 0 atom stereocenters. The normalized spacial score (nSPS) is 10.6. The van der Waals surface area contributed by atoms with Crippen LogP contribution in [-0.4, -0.2) is 21.8 Å². The Bertz CT molecular complexity index is 789. The van der Waals surface area contributed by atoms with Crippen LogP contribution >= 0.6 is 11.8 Å². The van der Waals surface area contributed by atoms with E-state index in [4.69, 9.17) is 0 Å². The summed E-state index contributed by atoms with van der Waals surface area (Å²) in [5, 5.41) is 0.752. The molecule has 2 amide bonds. The zero-order chi connectivity index (χ0) is 21.1. The van der Waals surface area contributed by atoms with Crippen molar-refractivity contribution < 1.29 is 9.59 Å². The number of amides is 2. The van der Waals surface area contributed by atoms with Gasteiger partial charge in [0, 0.05) is 29.1 Å². The minimum atomic E-state index is -0.318. The van der Waals surface area contributed by atoms with Crippen LogP contribution in [0.3, 0.4) is 0 Å². The number of aryl methyl sites for hydroxylation is 2. The van der Waals surface area contributed by atoms with E-state index in [-0.39, 0.29) is 11.8 Å². The number of nitrogens with zero attached hydrogens (tertiary/aromatic N) is 2. The van der Waals surface area contributed by atoms with Crippen LogP contribution in [0, 0.1) is 13.8 Å². The van der Waals surface area contributed by atoms with Gasteiger partial charge in [-0.1, -0.05) is 56.5 Å². The molecule has 0 saturated carbocycles. The predicted octanol–water partition coefficient (Wildman–Crippen LogP) is 4.51. The Morgan fingerprint density at radius 3 is 2.24 bits per heavy atom. The summed E-state index contributed by atoms with van der Waals surface area (Å²) in [5.41, 5.74) is 8.45. The first-order valence-electron chi connectivity index (χ1n) is 10.1. The zero-order valence-electron chi connectivity index (χ0n) is 17.5. The largest absolute Gasteiger partial charge is 0.273 e. The summed E-state index contributed by atoms with van der Waals surface area (Å²) in [6.45, 7) is 6.07. The summed E-state index contributed by atoms with van der Waals surface area (Å²) in [5.74, 6) is 0.247. The van der Waals surface area contributed by atoms with Gasteiger partial charge in [-0.15, -0.1) is 0 Å². The highest BCUT2D eigenvalue weighted by molar-refractivity contribution is 7.98. The van der Waals surface area contributed by atoms with Crippen LogP contribution in [0.25, 0.3) is 0 Å². The van der Waals surface area contributed by atoms with Crippen LogP contribution in [0.1, 0.15) is 72.8 Å². The van der Waals surface area contributed by atoms with E-state index >= 15 is 0 Å². The van der Waals surface area contributed by atoms with E-state index < -0.39 is 0 Å². The second-order valence-corrected chi connectivity index (χ2v) is 8.03. The monoisotopic (exact) mass is 414 g/mol. The number of hydrogen-bond acceptors (Lipinski definition) is 5. The maximum atomic E-state index is 12.2. The highest BCUT2D eigenvalue weighted by atomic mass is 32.2. The number of hydrogen-bond donors (Lipinski definition) is 2. The number of aromatic nitrogens is 2. The average Bonchev–Trinajstić information content (AvgIpc) is 2.70. The molecule has 29 heavy (non-hydrogen) atoms. The van der Waals surface area contributed by atoms with E-state index in [1.54, 1.807) is 23.9 Å². The number of nitrogens with one attached hydrogen (secondary N) is 2. The molecule has 0 aliphatic carbocycles. The molecule has 0 radical (unpaired) electrons. The van der Waals surface area contributed by atoms with Crippen LogP contribution in [0.15, 0.2) is 35.5 Å². The fraction of sp³-hybridized carbons (Fsp3) is 0.455. The summed E-state index contributed by atoms with van der Waals surface area (Å²) in [7, 11) is 0. The van der Waals surface area contributed by atoms with Gasteiger partial charge in [0.2, 0.25) is 5.91 Å². The van der Waals surface area contributed by atoms with Crippen LogP contribution in [0.4, 0.5) is 0 Å². The predicted molar refractivity (Wildman–Crippen MR) is 116 cm³/mol. The number of hydrazine groups is 1. The van der Waals surface area contributed by atoms with E-state index in [1.165, 1.54) is 12.8 Å². The molecule has 7 heteroatoms. The maximum absolute atomic E-state index is 12.2. The lowest BCUT2D eigenvalue weighted by atomic mass is 10.1. The van der Waals surface area contributed by atoms with Gasteiger partial charge in [0.15, 0.2) is 5.16 Å². The van der Waals surface area contributed by atoms with Crippen molar-refractivity contribution in [2.24, 2.45) is 0 Å². The van der Waals surface area contributed by atoms with Crippen molar-refractivity contribution in [3.05, 3.63) is 52.8 Å². The van der Waals surface area contributed by atoms with Crippen molar-refractivity contribution in [2.75, 3.05) is 0 Å². The SMILES string of the molecule is CCCCCCCC(=O)NNC(=O)c1ccc(CSc2nc(C)cc(C)n2)cc1. The molecule has 0 fully saturated rings. The fourth-order valence-corrected chi connectivity index (χ4v) is 3.71. The molecule has 1 heterocycles. The minimum absolute atomic E-state index is 0.156. The van der Waals surface area contributed by atoms with Crippen molar-refractivity contribution >= 4 is 23.6 Å². The molecule has 0 aliphatic heterocycles. The highest BCUT2D eigenvalue weighted by Gasteiger charge is 2.08. The Kier molecular flexibility index (Phi) is 9.64. The number of carbonyl (C=O) groups is 2. The molecular weight excluding hydrogens is 384 g/mol. The average molecular weight is 415 g/mol. The Morgan fingerprint density at radius 1 is 0.931 bits per heavy atom. The molecule has 1 aromatic carbocycles. The van der Waals surface area contributed by atoms with Gasteiger partial charge in [0.25, 0.3) is 5.91 Å². The van der Waals surface area contributed by atoms with E-state index in [0.29, 0.717) is 12.0 Å². The van der Waals surface area contributed by atoms with Gasteiger partial charge in [-0.2, -0.15) is 0 Å². The third-order valence-electron chi connectivity index (χ3n) is 4.37. The first-order chi connectivity index (χ1) is 14.0. The number of rotatable bonds is 10. The summed E-state index contributed by atoms with van der Waals surface area (Å²) in [4.78, 5) is 32.8. The topological polar surface area (TPSA) is 84.0 Å². The van der Waals surface area contributed by atoms with Crippen molar-refractivity contribution in [1.29, 1.82) is 0 Å². The Hall–Kier alpha value is -2.41. The van der Waals surface area contributed by atoms with Crippen LogP contribution in [0.5, 0.6) is 0 Å². The third kappa shape index (κ3) is 8.64. The van der Waals surface area contributed by atoms with Gasteiger partial charge in [0.1, 0.15) is 0 Å². The number of unbranched alkanes of at least 4 members (excludes halogenated alkanes) is 4. The molecule has 0 aliphatic rings. The molecule has 156 valence electrons. The molecule has 2 N–H and O–H groups in total. The molecule has 0 spiro atoms. The molecule has 0 bridgehead atoms. The van der Waals surface area contributed by atoms with E-state index in [9.17, 15) is 9.59 Å². The minimum Gasteiger partial charge on any atom is -0.273 e. The molecule has 1 aromatic heterocycles. The first-order valence-corrected chi connectivity index (χ1v) is 11.1. The third-order valence-corrected chi connectivity index (χ3v) is 5.29. The summed E-state index contributed by atoms with van der Waals surface area (Å²) >= 11 is 1.56. The summed E-state index contributed by atoms with van der Waals surface area (Å²) in [6.07, 6.45) is 5.85. The van der Waals surface area contributed by atoms with Gasteiger partial charge in [-0.05, 0) is 44.0 Å². The van der Waals surface area contributed by atoms with Crippen LogP contribution in [-0.2, 0) is 10.5 Å². The van der Waals surface area contributed by atoms with Crippen molar-refractivity contribution in [1.82, 2.24) is 20.8 Å². The molecule has 2 rings (SSSR count). The van der Waals surface area contributed by atoms with Gasteiger partial charge < -0.3 is 0 Å². The number of thioether (sulfide) groups is 1. The van der Waals surface area contributed by atoms with Crippen molar-refractivity contribution in [3.63, 3.8) is 0 Å². The van der Waals surface area contributed by atoms with Gasteiger partial charge in [-0.3, -0.25) is 20.4 Å². The number of carbonyl (C=O) groups excluding carboxylic acids is 2. The smallest absolute Gasteiger partial charge is 0.269 e. The Morgan fingerprint density at radius 2 is 1.59 bits per heavy atom. The second-order valence-electron chi connectivity index (χ2n) is 7.09. The summed E-state index contributed by atoms with van der Waals surface area (Å²) in [6, 6.07) is 9.26. The lowest BCUT2D eigenvalue weighted by Gasteiger charge is -2.08. The van der Waals surface area contributed by atoms with Crippen LogP contribution in [0.2, 0.25) is 0 Å². The lowest BCUT2D eigenvalue weighted by Crippen LogP contribution is -2.41. The fourth-order valence-electron chi connectivity index (χ4n) is 2.81. The standard InChI is InChI=1S/C22H30N4O2S/c1-4-5-6-7-8-9-20(27)25-26-21(28)19-12-10-18(11-13-19)15-29-22-23-16(2)14-17(3)24-22/h10-14H,4-9,15H2,1-3H3,(H,25,27)(H,26,28). The maximum Gasteiger partial charge on any atom is 0.269 e. The molecule has 0 saturated heterocycles.